The molecule has 126 valence electrons. The smallest absolute Gasteiger partial charge is 0.256 e. The normalized spacial score (nSPS) is 25.7. The van der Waals surface area contributed by atoms with Gasteiger partial charge in [-0.1, -0.05) is 5.16 Å². The van der Waals surface area contributed by atoms with E-state index in [1.54, 1.807) is 22.9 Å². The van der Waals surface area contributed by atoms with Crippen molar-refractivity contribution in [2.24, 2.45) is 0 Å². The molecule has 0 radical (unpaired) electrons. The Morgan fingerprint density at radius 3 is 2.96 bits per heavy atom. The summed E-state index contributed by atoms with van der Waals surface area (Å²) < 4.78 is 11.0. The van der Waals surface area contributed by atoms with Gasteiger partial charge in [0, 0.05) is 26.2 Å². The minimum atomic E-state index is -0.878. The molecule has 2 aliphatic heterocycles. The van der Waals surface area contributed by atoms with Crippen molar-refractivity contribution in [2.45, 2.75) is 38.2 Å². The zero-order valence-corrected chi connectivity index (χ0v) is 13.7. The second-order valence-electron chi connectivity index (χ2n) is 6.45. The van der Waals surface area contributed by atoms with Crippen LogP contribution in [0.15, 0.2) is 10.6 Å². The van der Waals surface area contributed by atoms with Gasteiger partial charge in [0.05, 0.1) is 25.3 Å². The molecule has 0 N–H and O–H groups in total. The summed E-state index contributed by atoms with van der Waals surface area (Å²) in [6.07, 6.45) is 2.74. The number of carbonyl (C=O) groups is 2. The van der Waals surface area contributed by atoms with Gasteiger partial charge in [0.1, 0.15) is 5.76 Å². The maximum atomic E-state index is 12.7. The average Bonchev–Trinajstić information content (AvgIpc) is 2.90. The summed E-state index contributed by atoms with van der Waals surface area (Å²) >= 11 is 0. The van der Waals surface area contributed by atoms with Crippen LogP contribution in [0.25, 0.3) is 0 Å². The first-order valence-corrected chi connectivity index (χ1v) is 8.10. The van der Waals surface area contributed by atoms with Crippen molar-refractivity contribution in [3.63, 3.8) is 0 Å². The van der Waals surface area contributed by atoms with Crippen LogP contribution in [-0.4, -0.2) is 65.7 Å². The minimum absolute atomic E-state index is 0.0111. The lowest BCUT2D eigenvalue weighted by Gasteiger charge is -2.42. The first kappa shape index (κ1) is 16.0. The lowest BCUT2D eigenvalue weighted by Crippen LogP contribution is -2.60. The molecule has 1 aromatic rings. The van der Waals surface area contributed by atoms with Crippen molar-refractivity contribution in [1.82, 2.24) is 15.0 Å². The second kappa shape index (κ2) is 6.31. The first-order valence-electron chi connectivity index (χ1n) is 8.10. The standard InChI is InChI=1S/C16H23N3O4/c1-12-9-13(23-17-12)10-14(20)19-7-8-22-16(11-19)5-3-4-6-18(2)15(16)21/h9H,3-8,10-11H2,1-2H3. The van der Waals surface area contributed by atoms with Gasteiger partial charge in [0.25, 0.3) is 5.91 Å². The molecule has 1 spiro atoms. The molecule has 2 aliphatic rings. The largest absolute Gasteiger partial charge is 0.361 e. The highest BCUT2D eigenvalue weighted by atomic mass is 16.5. The number of amides is 2. The number of aryl methyl sites for hydroxylation is 1. The molecule has 0 bridgehead atoms. The van der Waals surface area contributed by atoms with Crippen molar-refractivity contribution in [2.75, 3.05) is 33.3 Å². The summed E-state index contributed by atoms with van der Waals surface area (Å²) in [6.45, 7) is 3.78. The van der Waals surface area contributed by atoms with Crippen LogP contribution in [0.1, 0.15) is 30.7 Å². The lowest BCUT2D eigenvalue weighted by atomic mass is 9.94. The Bertz CT molecular complexity index is 600. The van der Waals surface area contributed by atoms with Gasteiger partial charge in [0.2, 0.25) is 5.91 Å². The minimum Gasteiger partial charge on any atom is -0.361 e. The molecular formula is C16H23N3O4. The van der Waals surface area contributed by atoms with E-state index in [0.717, 1.165) is 25.1 Å². The third-order valence-corrected chi connectivity index (χ3v) is 4.60. The topological polar surface area (TPSA) is 75.9 Å². The fraction of sp³-hybridized carbons (Fsp3) is 0.688. The number of aromatic nitrogens is 1. The van der Waals surface area contributed by atoms with E-state index in [-0.39, 0.29) is 18.2 Å². The molecule has 1 aromatic heterocycles. The molecule has 7 nitrogen and oxygen atoms in total. The number of rotatable bonds is 2. The summed E-state index contributed by atoms with van der Waals surface area (Å²) in [5.74, 6) is 0.490. The molecule has 0 saturated carbocycles. The van der Waals surface area contributed by atoms with Crippen LogP contribution >= 0.6 is 0 Å². The SMILES string of the molecule is Cc1cc(CC(=O)N2CCOC3(CCCCN(C)C3=O)C2)on1. The highest BCUT2D eigenvalue weighted by Gasteiger charge is 2.46. The van der Waals surface area contributed by atoms with E-state index in [4.69, 9.17) is 9.26 Å². The fourth-order valence-corrected chi connectivity index (χ4v) is 3.35. The first-order chi connectivity index (χ1) is 11.0. The number of carbonyl (C=O) groups excluding carboxylic acids is 2. The van der Waals surface area contributed by atoms with Gasteiger partial charge in [-0.2, -0.15) is 0 Å². The van der Waals surface area contributed by atoms with Gasteiger partial charge in [-0.05, 0) is 26.2 Å². The van der Waals surface area contributed by atoms with Gasteiger partial charge < -0.3 is 19.1 Å². The molecule has 2 saturated heterocycles. The number of nitrogens with zero attached hydrogens (tertiary/aromatic N) is 3. The van der Waals surface area contributed by atoms with Crippen LogP contribution in [0.5, 0.6) is 0 Å². The average molecular weight is 321 g/mol. The maximum absolute atomic E-state index is 12.7. The number of likely N-dealkylation sites (N-methyl/N-ethyl adjacent to an activating group) is 1. The van der Waals surface area contributed by atoms with Gasteiger partial charge in [-0.3, -0.25) is 9.59 Å². The number of likely N-dealkylation sites (tertiary alicyclic amines) is 1. The van der Waals surface area contributed by atoms with E-state index in [2.05, 4.69) is 5.16 Å². The highest BCUT2D eigenvalue weighted by molar-refractivity contribution is 5.87. The van der Waals surface area contributed by atoms with Crippen molar-refractivity contribution in [3.8, 4) is 0 Å². The van der Waals surface area contributed by atoms with Crippen LogP contribution in [0.4, 0.5) is 0 Å². The molecule has 0 aliphatic carbocycles. The van der Waals surface area contributed by atoms with Crippen LogP contribution in [-0.2, 0) is 20.7 Å². The van der Waals surface area contributed by atoms with E-state index >= 15 is 0 Å². The van der Waals surface area contributed by atoms with Gasteiger partial charge in [0.15, 0.2) is 5.60 Å². The van der Waals surface area contributed by atoms with E-state index in [0.29, 0.717) is 31.9 Å². The Morgan fingerprint density at radius 1 is 1.39 bits per heavy atom. The molecule has 3 rings (SSSR count). The second-order valence-corrected chi connectivity index (χ2v) is 6.45. The molecule has 0 aromatic carbocycles. The quantitative estimate of drug-likeness (QED) is 0.804. The summed E-state index contributed by atoms with van der Waals surface area (Å²) in [4.78, 5) is 28.7. The molecule has 7 heteroatoms. The highest BCUT2D eigenvalue weighted by Crippen LogP contribution is 2.29. The molecule has 2 amide bonds. The van der Waals surface area contributed by atoms with E-state index < -0.39 is 5.60 Å². The third kappa shape index (κ3) is 3.24. The van der Waals surface area contributed by atoms with Crippen LogP contribution in [0.3, 0.4) is 0 Å². The molecule has 1 atom stereocenters. The van der Waals surface area contributed by atoms with Gasteiger partial charge in [-0.15, -0.1) is 0 Å². The van der Waals surface area contributed by atoms with Gasteiger partial charge >= 0.3 is 0 Å². The molecular weight excluding hydrogens is 298 g/mol. The summed E-state index contributed by atoms with van der Waals surface area (Å²) in [5, 5.41) is 3.80. The summed E-state index contributed by atoms with van der Waals surface area (Å²) in [7, 11) is 1.80. The fourth-order valence-electron chi connectivity index (χ4n) is 3.35. The summed E-state index contributed by atoms with van der Waals surface area (Å²) in [6, 6.07) is 1.76. The zero-order chi connectivity index (χ0) is 16.4. The molecule has 1 unspecified atom stereocenters. The Labute approximate surface area is 135 Å². The number of hydrogen-bond donors (Lipinski definition) is 0. The third-order valence-electron chi connectivity index (χ3n) is 4.60. The van der Waals surface area contributed by atoms with E-state index in [1.165, 1.54) is 0 Å². The van der Waals surface area contributed by atoms with Crippen LogP contribution < -0.4 is 0 Å². The van der Waals surface area contributed by atoms with Crippen molar-refractivity contribution in [1.29, 1.82) is 0 Å². The number of hydrogen-bond acceptors (Lipinski definition) is 5. The summed E-state index contributed by atoms with van der Waals surface area (Å²) in [5.41, 5.74) is -0.122. The Hall–Kier alpha value is -1.89. The monoisotopic (exact) mass is 321 g/mol. The number of morpholine rings is 1. The van der Waals surface area contributed by atoms with Crippen LogP contribution in [0, 0.1) is 6.92 Å². The predicted octanol–water partition coefficient (Wildman–Crippen LogP) is 0.765. The predicted molar refractivity (Wildman–Crippen MR) is 81.7 cm³/mol. The molecule has 3 heterocycles. The van der Waals surface area contributed by atoms with Crippen molar-refractivity contribution in [3.05, 3.63) is 17.5 Å². The molecule has 23 heavy (non-hydrogen) atoms. The number of ether oxygens (including phenoxy) is 1. The Kier molecular flexibility index (Phi) is 4.39. The van der Waals surface area contributed by atoms with Crippen molar-refractivity contribution < 1.29 is 18.8 Å². The Balaban J connectivity index is 1.71. The maximum Gasteiger partial charge on any atom is 0.256 e. The molecule has 2 fully saturated rings. The van der Waals surface area contributed by atoms with E-state index in [1.807, 2.05) is 6.92 Å². The van der Waals surface area contributed by atoms with Gasteiger partial charge in [-0.25, -0.2) is 0 Å². The lowest BCUT2D eigenvalue weighted by molar-refractivity contribution is -0.173. The van der Waals surface area contributed by atoms with E-state index in [9.17, 15) is 9.59 Å². The zero-order valence-electron chi connectivity index (χ0n) is 13.7. The Morgan fingerprint density at radius 2 is 2.22 bits per heavy atom. The van der Waals surface area contributed by atoms with Crippen LogP contribution in [0.2, 0.25) is 0 Å². The van der Waals surface area contributed by atoms with Crippen molar-refractivity contribution >= 4 is 11.8 Å².